The smallest absolute Gasteiger partial charge is 0.260 e. The molecular formula is C15H20N2O3. The average molecular weight is 276 g/mol. The number of carbonyl (C=O) groups is 2. The van der Waals surface area contributed by atoms with Crippen LogP contribution < -0.4 is 4.74 Å². The minimum absolute atomic E-state index is 0.0327. The lowest BCUT2D eigenvalue weighted by atomic mass is 10.1. The molecule has 0 unspecified atom stereocenters. The van der Waals surface area contributed by atoms with Gasteiger partial charge in [-0.05, 0) is 37.1 Å². The molecule has 2 amide bonds. The molecule has 0 bridgehead atoms. The Hall–Kier alpha value is -2.04. The van der Waals surface area contributed by atoms with Gasteiger partial charge in [0, 0.05) is 26.2 Å². The van der Waals surface area contributed by atoms with E-state index in [-0.39, 0.29) is 12.5 Å². The first-order valence-corrected chi connectivity index (χ1v) is 6.76. The minimum Gasteiger partial charge on any atom is -0.484 e. The lowest BCUT2D eigenvalue weighted by Gasteiger charge is -2.32. The van der Waals surface area contributed by atoms with Gasteiger partial charge in [-0.15, -0.1) is 0 Å². The molecule has 5 nitrogen and oxygen atoms in total. The van der Waals surface area contributed by atoms with Gasteiger partial charge in [-0.1, -0.05) is 6.07 Å². The van der Waals surface area contributed by atoms with Crippen LogP contribution in [0.5, 0.6) is 5.75 Å². The molecule has 0 aromatic heterocycles. The van der Waals surface area contributed by atoms with Crippen LogP contribution >= 0.6 is 0 Å². The summed E-state index contributed by atoms with van der Waals surface area (Å²) < 4.78 is 5.56. The van der Waals surface area contributed by atoms with Gasteiger partial charge in [0.25, 0.3) is 5.91 Å². The van der Waals surface area contributed by atoms with Gasteiger partial charge in [0.2, 0.25) is 6.41 Å². The van der Waals surface area contributed by atoms with E-state index in [1.54, 1.807) is 9.80 Å². The zero-order valence-electron chi connectivity index (χ0n) is 12.0. The summed E-state index contributed by atoms with van der Waals surface area (Å²) in [6.45, 7) is 6.39. The molecule has 1 aromatic carbocycles. The first kappa shape index (κ1) is 14.4. The number of hydrogen-bond acceptors (Lipinski definition) is 3. The van der Waals surface area contributed by atoms with Crippen molar-refractivity contribution >= 4 is 12.3 Å². The fraction of sp³-hybridized carbons (Fsp3) is 0.467. The average Bonchev–Trinajstić information content (AvgIpc) is 2.44. The van der Waals surface area contributed by atoms with Crippen LogP contribution in [0, 0.1) is 13.8 Å². The molecule has 0 spiro atoms. The van der Waals surface area contributed by atoms with Crippen LogP contribution in [-0.2, 0) is 9.59 Å². The van der Waals surface area contributed by atoms with Crippen molar-refractivity contribution in [1.82, 2.24) is 9.80 Å². The molecule has 2 rings (SSSR count). The molecule has 0 atom stereocenters. The summed E-state index contributed by atoms with van der Waals surface area (Å²) >= 11 is 0. The van der Waals surface area contributed by atoms with Crippen LogP contribution in [0.2, 0.25) is 0 Å². The monoisotopic (exact) mass is 276 g/mol. The summed E-state index contributed by atoms with van der Waals surface area (Å²) in [6, 6.07) is 5.91. The molecule has 0 radical (unpaired) electrons. The molecule has 1 fully saturated rings. The highest BCUT2D eigenvalue weighted by molar-refractivity contribution is 5.78. The van der Waals surface area contributed by atoms with Crippen molar-refractivity contribution in [3.8, 4) is 5.75 Å². The molecule has 0 aliphatic carbocycles. The third-order valence-electron chi connectivity index (χ3n) is 3.37. The van der Waals surface area contributed by atoms with Crippen LogP contribution in [0.15, 0.2) is 18.2 Å². The quantitative estimate of drug-likeness (QED) is 0.770. The van der Waals surface area contributed by atoms with Crippen LogP contribution in [0.3, 0.4) is 0 Å². The Labute approximate surface area is 119 Å². The number of aryl methyl sites for hydroxylation is 2. The number of amides is 2. The number of hydrogen-bond donors (Lipinski definition) is 0. The molecule has 1 aliphatic heterocycles. The summed E-state index contributed by atoms with van der Waals surface area (Å²) in [4.78, 5) is 26.1. The van der Waals surface area contributed by atoms with Gasteiger partial charge in [-0.3, -0.25) is 9.59 Å². The van der Waals surface area contributed by atoms with Gasteiger partial charge in [-0.2, -0.15) is 0 Å². The molecule has 0 N–H and O–H groups in total. The van der Waals surface area contributed by atoms with E-state index >= 15 is 0 Å². The number of nitrogens with zero attached hydrogens (tertiary/aromatic N) is 2. The summed E-state index contributed by atoms with van der Waals surface area (Å²) in [5.41, 5.74) is 2.24. The van der Waals surface area contributed by atoms with Gasteiger partial charge < -0.3 is 14.5 Å². The molecular weight excluding hydrogens is 256 g/mol. The highest BCUT2D eigenvalue weighted by Crippen LogP contribution is 2.16. The predicted molar refractivity (Wildman–Crippen MR) is 75.6 cm³/mol. The number of carbonyl (C=O) groups excluding carboxylic acids is 2. The van der Waals surface area contributed by atoms with Crippen molar-refractivity contribution in [2.24, 2.45) is 0 Å². The van der Waals surface area contributed by atoms with Gasteiger partial charge >= 0.3 is 0 Å². The highest BCUT2D eigenvalue weighted by atomic mass is 16.5. The lowest BCUT2D eigenvalue weighted by molar-refractivity contribution is -0.137. The molecule has 1 aliphatic rings. The van der Waals surface area contributed by atoms with Crippen LogP contribution in [-0.4, -0.2) is 54.9 Å². The SMILES string of the molecule is Cc1cc(C)cc(OCC(=O)N2CCN(C=O)CC2)c1. The summed E-state index contributed by atoms with van der Waals surface area (Å²) in [5, 5.41) is 0. The van der Waals surface area contributed by atoms with E-state index < -0.39 is 0 Å². The van der Waals surface area contributed by atoms with Crippen molar-refractivity contribution in [3.05, 3.63) is 29.3 Å². The Balaban J connectivity index is 1.84. The van der Waals surface area contributed by atoms with E-state index in [0.29, 0.717) is 26.2 Å². The largest absolute Gasteiger partial charge is 0.484 e. The second-order valence-corrected chi connectivity index (χ2v) is 5.13. The van der Waals surface area contributed by atoms with Crippen LogP contribution in [0.1, 0.15) is 11.1 Å². The third-order valence-corrected chi connectivity index (χ3v) is 3.37. The van der Waals surface area contributed by atoms with Crippen molar-refractivity contribution < 1.29 is 14.3 Å². The number of piperazine rings is 1. The third kappa shape index (κ3) is 3.73. The van der Waals surface area contributed by atoms with E-state index in [2.05, 4.69) is 6.07 Å². The first-order chi connectivity index (χ1) is 9.58. The van der Waals surface area contributed by atoms with E-state index in [9.17, 15) is 9.59 Å². The lowest BCUT2D eigenvalue weighted by Crippen LogP contribution is -2.49. The minimum atomic E-state index is -0.0327. The van der Waals surface area contributed by atoms with E-state index in [0.717, 1.165) is 23.3 Å². The van der Waals surface area contributed by atoms with Crippen LogP contribution in [0.25, 0.3) is 0 Å². The van der Waals surface area contributed by atoms with Gasteiger partial charge in [-0.25, -0.2) is 0 Å². The van der Waals surface area contributed by atoms with Gasteiger partial charge in [0.05, 0.1) is 0 Å². The molecule has 1 saturated heterocycles. The fourth-order valence-electron chi connectivity index (χ4n) is 2.33. The normalized spacial score (nSPS) is 15.1. The molecule has 20 heavy (non-hydrogen) atoms. The number of rotatable bonds is 4. The zero-order chi connectivity index (χ0) is 14.5. The topological polar surface area (TPSA) is 49.9 Å². The van der Waals surface area contributed by atoms with E-state index in [1.165, 1.54) is 0 Å². The van der Waals surface area contributed by atoms with Gasteiger partial charge in [0.1, 0.15) is 5.75 Å². The Bertz CT molecular complexity index is 474. The summed E-state index contributed by atoms with van der Waals surface area (Å²) in [5.74, 6) is 0.692. The Morgan fingerprint density at radius 2 is 1.75 bits per heavy atom. The standard InChI is InChI=1S/C15H20N2O3/c1-12-7-13(2)9-14(8-12)20-10-15(19)17-5-3-16(11-18)4-6-17/h7-9,11H,3-6,10H2,1-2H3. The Morgan fingerprint density at radius 1 is 1.15 bits per heavy atom. The fourth-order valence-corrected chi connectivity index (χ4v) is 2.33. The molecule has 1 heterocycles. The maximum Gasteiger partial charge on any atom is 0.260 e. The second-order valence-electron chi connectivity index (χ2n) is 5.13. The number of benzene rings is 1. The Kier molecular flexibility index (Phi) is 4.61. The maximum atomic E-state index is 12.0. The van der Waals surface area contributed by atoms with Crippen molar-refractivity contribution in [2.45, 2.75) is 13.8 Å². The second kappa shape index (κ2) is 6.41. The molecule has 1 aromatic rings. The zero-order valence-corrected chi connectivity index (χ0v) is 12.0. The predicted octanol–water partition coefficient (Wildman–Crippen LogP) is 0.983. The van der Waals surface area contributed by atoms with Crippen molar-refractivity contribution in [3.63, 3.8) is 0 Å². The van der Waals surface area contributed by atoms with Gasteiger partial charge in [0.15, 0.2) is 6.61 Å². The van der Waals surface area contributed by atoms with Crippen LogP contribution in [0.4, 0.5) is 0 Å². The molecule has 0 saturated carbocycles. The maximum absolute atomic E-state index is 12.0. The molecule has 5 heteroatoms. The van der Waals surface area contributed by atoms with E-state index in [1.807, 2.05) is 26.0 Å². The summed E-state index contributed by atoms with van der Waals surface area (Å²) in [6.07, 6.45) is 0.827. The van der Waals surface area contributed by atoms with Crippen molar-refractivity contribution in [2.75, 3.05) is 32.8 Å². The number of ether oxygens (including phenoxy) is 1. The first-order valence-electron chi connectivity index (χ1n) is 6.76. The summed E-state index contributed by atoms with van der Waals surface area (Å²) in [7, 11) is 0. The van der Waals surface area contributed by atoms with E-state index in [4.69, 9.17) is 4.74 Å². The molecule has 108 valence electrons. The Morgan fingerprint density at radius 3 is 2.30 bits per heavy atom. The van der Waals surface area contributed by atoms with Crippen molar-refractivity contribution in [1.29, 1.82) is 0 Å². The highest BCUT2D eigenvalue weighted by Gasteiger charge is 2.20.